The molecule has 2 fully saturated rings. The Morgan fingerprint density at radius 1 is 1.45 bits per heavy atom. The molecule has 0 amide bonds. The molecular formula is C17H24N2O3. The van der Waals surface area contributed by atoms with Crippen molar-refractivity contribution >= 4 is 11.8 Å². The van der Waals surface area contributed by atoms with E-state index in [1.54, 1.807) is 0 Å². The van der Waals surface area contributed by atoms with E-state index in [9.17, 15) is 4.79 Å². The number of rotatable bonds is 6. The minimum absolute atomic E-state index is 0.212. The van der Waals surface area contributed by atoms with Crippen molar-refractivity contribution in [1.29, 1.82) is 0 Å². The zero-order valence-corrected chi connectivity index (χ0v) is 13.3. The zero-order chi connectivity index (χ0) is 15.6. The predicted molar refractivity (Wildman–Crippen MR) is 83.7 cm³/mol. The van der Waals surface area contributed by atoms with E-state index in [0.29, 0.717) is 17.6 Å². The maximum absolute atomic E-state index is 11.4. The Hall–Kier alpha value is -1.62. The molecule has 1 N–H and O–H groups in total. The molecule has 0 radical (unpaired) electrons. The quantitative estimate of drug-likeness (QED) is 0.818. The van der Waals surface area contributed by atoms with Crippen LogP contribution in [0.2, 0.25) is 0 Å². The SMILES string of the molecule is CCOC1CC(Nc2cccc(CC(=O)OC)n2)C12CCC2. The number of esters is 1. The van der Waals surface area contributed by atoms with Gasteiger partial charge in [0, 0.05) is 18.1 Å². The van der Waals surface area contributed by atoms with E-state index < -0.39 is 0 Å². The second kappa shape index (κ2) is 6.24. The zero-order valence-electron chi connectivity index (χ0n) is 13.3. The molecule has 2 aliphatic rings. The number of carbonyl (C=O) groups excluding carboxylic acids is 1. The molecule has 1 aromatic heterocycles. The van der Waals surface area contributed by atoms with Gasteiger partial charge in [0.1, 0.15) is 5.82 Å². The highest BCUT2D eigenvalue weighted by Crippen LogP contribution is 2.58. The van der Waals surface area contributed by atoms with Gasteiger partial charge in [-0.05, 0) is 38.3 Å². The Kier molecular flexibility index (Phi) is 4.34. The lowest BCUT2D eigenvalue weighted by Crippen LogP contribution is -2.64. The van der Waals surface area contributed by atoms with Crippen LogP contribution in [-0.4, -0.2) is 36.8 Å². The van der Waals surface area contributed by atoms with Gasteiger partial charge in [0.05, 0.1) is 25.3 Å². The molecule has 2 aliphatic carbocycles. The third-order valence-electron chi connectivity index (χ3n) is 5.12. The Morgan fingerprint density at radius 3 is 2.91 bits per heavy atom. The van der Waals surface area contributed by atoms with Crippen LogP contribution in [-0.2, 0) is 20.7 Å². The standard InChI is InChI=1S/C17H24N2O3/c1-3-22-14-11-13(17(14)8-5-9-17)19-15-7-4-6-12(18-15)10-16(20)21-2/h4,6-7,13-14H,3,5,8-11H2,1-2H3,(H,18,19). The van der Waals surface area contributed by atoms with E-state index in [2.05, 4.69) is 17.2 Å². The van der Waals surface area contributed by atoms with E-state index in [4.69, 9.17) is 9.47 Å². The summed E-state index contributed by atoms with van der Waals surface area (Å²) >= 11 is 0. The largest absolute Gasteiger partial charge is 0.469 e. The van der Waals surface area contributed by atoms with Gasteiger partial charge in [0.2, 0.25) is 0 Å². The molecule has 1 spiro atoms. The average Bonchev–Trinajstić information content (AvgIpc) is 2.44. The molecular weight excluding hydrogens is 280 g/mol. The molecule has 120 valence electrons. The summed E-state index contributed by atoms with van der Waals surface area (Å²) in [5.74, 6) is 0.577. The van der Waals surface area contributed by atoms with Crippen molar-refractivity contribution in [1.82, 2.24) is 4.98 Å². The van der Waals surface area contributed by atoms with E-state index >= 15 is 0 Å². The molecule has 2 saturated carbocycles. The molecule has 22 heavy (non-hydrogen) atoms. The van der Waals surface area contributed by atoms with Gasteiger partial charge < -0.3 is 14.8 Å². The van der Waals surface area contributed by atoms with Crippen LogP contribution >= 0.6 is 0 Å². The molecule has 0 bridgehead atoms. The van der Waals surface area contributed by atoms with E-state index in [1.807, 2.05) is 18.2 Å². The highest BCUT2D eigenvalue weighted by molar-refractivity contribution is 5.71. The van der Waals surface area contributed by atoms with Crippen LogP contribution in [0.4, 0.5) is 5.82 Å². The third-order valence-corrected chi connectivity index (χ3v) is 5.12. The minimum atomic E-state index is -0.264. The van der Waals surface area contributed by atoms with Gasteiger partial charge in [-0.3, -0.25) is 4.79 Å². The Morgan fingerprint density at radius 2 is 2.27 bits per heavy atom. The van der Waals surface area contributed by atoms with E-state index in [0.717, 1.165) is 24.5 Å². The number of hydrogen-bond acceptors (Lipinski definition) is 5. The molecule has 3 rings (SSSR count). The summed E-state index contributed by atoms with van der Waals surface area (Å²) in [5.41, 5.74) is 1.04. The first kappa shape index (κ1) is 15.3. The van der Waals surface area contributed by atoms with E-state index in [1.165, 1.54) is 26.4 Å². The highest BCUT2D eigenvalue weighted by atomic mass is 16.5. The van der Waals surface area contributed by atoms with Gasteiger partial charge in [-0.1, -0.05) is 12.5 Å². The van der Waals surface area contributed by atoms with Gasteiger partial charge in [-0.2, -0.15) is 0 Å². The van der Waals surface area contributed by atoms with Crippen LogP contribution in [0.3, 0.4) is 0 Å². The monoisotopic (exact) mass is 304 g/mol. The lowest BCUT2D eigenvalue weighted by Gasteiger charge is -2.61. The maximum atomic E-state index is 11.4. The normalized spacial score (nSPS) is 25.2. The molecule has 2 atom stereocenters. The second-order valence-electron chi connectivity index (χ2n) is 6.23. The molecule has 5 heteroatoms. The van der Waals surface area contributed by atoms with Crippen molar-refractivity contribution in [3.8, 4) is 0 Å². The summed E-state index contributed by atoms with van der Waals surface area (Å²) in [6.45, 7) is 2.84. The first-order valence-electron chi connectivity index (χ1n) is 8.09. The third kappa shape index (κ3) is 2.70. The number of ether oxygens (including phenoxy) is 2. The van der Waals surface area contributed by atoms with Crippen LogP contribution in [0.25, 0.3) is 0 Å². The average molecular weight is 304 g/mol. The molecule has 5 nitrogen and oxygen atoms in total. The minimum Gasteiger partial charge on any atom is -0.469 e. The summed E-state index contributed by atoms with van der Waals surface area (Å²) in [7, 11) is 1.40. The summed E-state index contributed by atoms with van der Waals surface area (Å²) in [6, 6.07) is 6.17. The number of aromatic nitrogens is 1. The van der Waals surface area contributed by atoms with Crippen LogP contribution in [0, 0.1) is 5.41 Å². The molecule has 0 saturated heterocycles. The van der Waals surface area contributed by atoms with Crippen LogP contribution < -0.4 is 5.32 Å². The number of nitrogens with zero attached hydrogens (tertiary/aromatic N) is 1. The summed E-state index contributed by atoms with van der Waals surface area (Å²) in [5, 5.41) is 3.55. The lowest BCUT2D eigenvalue weighted by atomic mass is 9.51. The first-order valence-corrected chi connectivity index (χ1v) is 8.09. The lowest BCUT2D eigenvalue weighted by molar-refractivity contribution is -0.157. The van der Waals surface area contributed by atoms with Gasteiger partial charge in [-0.15, -0.1) is 0 Å². The number of anilines is 1. The highest BCUT2D eigenvalue weighted by Gasteiger charge is 2.58. The van der Waals surface area contributed by atoms with E-state index in [-0.39, 0.29) is 12.4 Å². The van der Waals surface area contributed by atoms with Crippen LogP contribution in [0.15, 0.2) is 18.2 Å². The topological polar surface area (TPSA) is 60.5 Å². The van der Waals surface area contributed by atoms with Crippen molar-refractivity contribution in [2.45, 2.75) is 51.2 Å². The Bertz CT molecular complexity index is 542. The molecule has 1 aromatic rings. The number of hydrogen-bond donors (Lipinski definition) is 1. The fourth-order valence-corrected chi connectivity index (χ4v) is 3.70. The summed E-state index contributed by atoms with van der Waals surface area (Å²) < 4.78 is 10.6. The fraction of sp³-hybridized carbons (Fsp3) is 0.647. The smallest absolute Gasteiger partial charge is 0.311 e. The molecule has 1 heterocycles. The van der Waals surface area contributed by atoms with Crippen molar-refractivity contribution in [3.05, 3.63) is 23.9 Å². The Labute approximate surface area is 131 Å². The van der Waals surface area contributed by atoms with Gasteiger partial charge in [0.15, 0.2) is 0 Å². The predicted octanol–water partition coefficient (Wildman–Crippen LogP) is 2.56. The molecule has 2 unspecified atom stereocenters. The summed E-state index contributed by atoms with van der Waals surface area (Å²) in [6.07, 6.45) is 5.40. The van der Waals surface area contributed by atoms with Crippen molar-refractivity contribution < 1.29 is 14.3 Å². The molecule has 0 aliphatic heterocycles. The summed E-state index contributed by atoms with van der Waals surface area (Å²) in [4.78, 5) is 15.9. The van der Waals surface area contributed by atoms with Crippen molar-refractivity contribution in [2.75, 3.05) is 19.0 Å². The first-order chi connectivity index (χ1) is 10.7. The maximum Gasteiger partial charge on any atom is 0.311 e. The fourth-order valence-electron chi connectivity index (χ4n) is 3.70. The number of carbonyl (C=O) groups is 1. The van der Waals surface area contributed by atoms with Crippen LogP contribution in [0.5, 0.6) is 0 Å². The van der Waals surface area contributed by atoms with Gasteiger partial charge in [0.25, 0.3) is 0 Å². The van der Waals surface area contributed by atoms with Crippen molar-refractivity contribution in [3.63, 3.8) is 0 Å². The number of nitrogens with one attached hydrogen (secondary N) is 1. The van der Waals surface area contributed by atoms with Crippen LogP contribution in [0.1, 0.15) is 38.3 Å². The number of methoxy groups -OCH3 is 1. The van der Waals surface area contributed by atoms with Gasteiger partial charge >= 0.3 is 5.97 Å². The van der Waals surface area contributed by atoms with Gasteiger partial charge in [-0.25, -0.2) is 4.98 Å². The molecule has 0 aromatic carbocycles. The Balaban J connectivity index is 1.64. The van der Waals surface area contributed by atoms with Crippen molar-refractivity contribution in [2.24, 2.45) is 5.41 Å². The number of pyridine rings is 1. The second-order valence-corrected chi connectivity index (χ2v) is 6.23.